The van der Waals surface area contributed by atoms with Crippen molar-refractivity contribution in [2.45, 2.75) is 27.2 Å². The van der Waals surface area contributed by atoms with Crippen molar-refractivity contribution in [2.24, 2.45) is 11.7 Å². The predicted molar refractivity (Wildman–Crippen MR) is 73.8 cm³/mol. The summed E-state index contributed by atoms with van der Waals surface area (Å²) in [5.41, 5.74) is 9.18. The molecule has 0 bridgehead atoms. The van der Waals surface area contributed by atoms with Crippen LogP contribution in [0.4, 0.5) is 5.69 Å². The first-order chi connectivity index (χ1) is 8.12. The summed E-state index contributed by atoms with van der Waals surface area (Å²) in [6, 6.07) is 4.25. The Balaban J connectivity index is 2.82. The van der Waals surface area contributed by atoms with Gasteiger partial charge in [-0.15, -0.1) is 0 Å². The Kier molecular flexibility index (Phi) is 5.29. The maximum Gasteiger partial charge on any atom is 0.144 e. The predicted octanol–water partition coefficient (Wildman–Crippen LogP) is 2.71. The second kappa shape index (κ2) is 6.50. The molecule has 96 valence electrons. The highest BCUT2D eigenvalue weighted by molar-refractivity contribution is 5.61. The minimum atomic E-state index is 0.514. The van der Waals surface area contributed by atoms with E-state index in [4.69, 9.17) is 10.5 Å². The molecule has 3 N–H and O–H groups in total. The molecule has 3 heteroatoms. The van der Waals surface area contributed by atoms with Crippen molar-refractivity contribution in [2.75, 3.05) is 25.5 Å². The van der Waals surface area contributed by atoms with E-state index < -0.39 is 0 Å². The average molecular weight is 236 g/mol. The molecule has 0 aliphatic carbocycles. The average Bonchev–Trinajstić information content (AvgIpc) is 2.29. The highest BCUT2D eigenvalue weighted by Crippen LogP contribution is 2.30. The van der Waals surface area contributed by atoms with Gasteiger partial charge in [-0.2, -0.15) is 0 Å². The molecular weight excluding hydrogens is 212 g/mol. The van der Waals surface area contributed by atoms with E-state index in [1.165, 1.54) is 5.56 Å². The molecule has 0 radical (unpaired) electrons. The maximum absolute atomic E-state index is 5.71. The molecule has 3 nitrogen and oxygen atoms in total. The molecule has 0 fully saturated rings. The first-order valence-corrected chi connectivity index (χ1v) is 6.21. The molecule has 1 rings (SSSR count). The zero-order valence-corrected chi connectivity index (χ0v) is 11.3. The van der Waals surface area contributed by atoms with E-state index >= 15 is 0 Å². The molecular formula is C14H24N2O. The first kappa shape index (κ1) is 13.8. The number of methoxy groups -OCH3 is 1. The Morgan fingerprint density at radius 3 is 2.59 bits per heavy atom. The van der Waals surface area contributed by atoms with E-state index in [1.807, 2.05) is 0 Å². The normalized spacial score (nSPS) is 12.3. The molecule has 0 aliphatic rings. The number of rotatable bonds is 6. The van der Waals surface area contributed by atoms with Gasteiger partial charge in [-0.25, -0.2) is 0 Å². The van der Waals surface area contributed by atoms with Crippen molar-refractivity contribution in [3.63, 3.8) is 0 Å². The summed E-state index contributed by atoms with van der Waals surface area (Å²) in [6.07, 6.45) is 1.09. The Morgan fingerprint density at radius 1 is 1.35 bits per heavy atom. The van der Waals surface area contributed by atoms with Gasteiger partial charge in [-0.05, 0) is 43.5 Å². The van der Waals surface area contributed by atoms with Crippen molar-refractivity contribution in [3.8, 4) is 5.75 Å². The number of hydrogen-bond donors (Lipinski definition) is 2. The molecule has 0 saturated carbocycles. The third-order valence-corrected chi connectivity index (χ3v) is 3.11. The van der Waals surface area contributed by atoms with Gasteiger partial charge < -0.3 is 15.8 Å². The van der Waals surface area contributed by atoms with Gasteiger partial charge in [0.05, 0.1) is 12.8 Å². The highest BCUT2D eigenvalue weighted by Gasteiger charge is 2.09. The number of hydrogen-bond acceptors (Lipinski definition) is 3. The number of benzene rings is 1. The van der Waals surface area contributed by atoms with E-state index in [2.05, 4.69) is 38.2 Å². The summed E-state index contributed by atoms with van der Waals surface area (Å²) in [6.45, 7) is 7.94. The van der Waals surface area contributed by atoms with Crippen LogP contribution >= 0.6 is 0 Å². The van der Waals surface area contributed by atoms with E-state index in [9.17, 15) is 0 Å². The Bertz CT molecular complexity index is 359. The van der Waals surface area contributed by atoms with E-state index in [-0.39, 0.29) is 0 Å². The quantitative estimate of drug-likeness (QED) is 0.798. The second-order valence-corrected chi connectivity index (χ2v) is 4.55. The third-order valence-electron chi connectivity index (χ3n) is 3.11. The van der Waals surface area contributed by atoms with Crippen LogP contribution in [0, 0.1) is 19.8 Å². The van der Waals surface area contributed by atoms with E-state index in [1.54, 1.807) is 7.11 Å². The first-order valence-electron chi connectivity index (χ1n) is 6.21. The fraction of sp³-hybridized carbons (Fsp3) is 0.571. The van der Waals surface area contributed by atoms with Crippen LogP contribution < -0.4 is 15.8 Å². The lowest BCUT2D eigenvalue weighted by Gasteiger charge is -2.18. The van der Waals surface area contributed by atoms with Crippen LogP contribution in [0.2, 0.25) is 0 Å². The molecule has 0 spiro atoms. The molecule has 0 saturated heterocycles. The topological polar surface area (TPSA) is 47.3 Å². The Hall–Kier alpha value is -1.22. The van der Waals surface area contributed by atoms with Crippen LogP contribution in [0.25, 0.3) is 0 Å². The van der Waals surface area contributed by atoms with Gasteiger partial charge in [0.15, 0.2) is 0 Å². The monoisotopic (exact) mass is 236 g/mol. The molecule has 0 aliphatic heterocycles. The molecule has 1 aromatic carbocycles. The number of nitrogens with two attached hydrogens (primary N) is 1. The molecule has 1 atom stereocenters. The summed E-state index contributed by atoms with van der Waals surface area (Å²) in [5, 5.41) is 3.44. The zero-order chi connectivity index (χ0) is 12.8. The number of anilines is 1. The Labute approximate surface area is 104 Å². The molecule has 0 amide bonds. The lowest BCUT2D eigenvalue weighted by Crippen LogP contribution is -2.22. The molecule has 17 heavy (non-hydrogen) atoms. The van der Waals surface area contributed by atoms with Gasteiger partial charge in [-0.3, -0.25) is 0 Å². The fourth-order valence-electron chi connectivity index (χ4n) is 2.01. The third kappa shape index (κ3) is 3.63. The van der Waals surface area contributed by atoms with Gasteiger partial charge in [0, 0.05) is 6.54 Å². The van der Waals surface area contributed by atoms with E-state index in [0.717, 1.165) is 36.5 Å². The van der Waals surface area contributed by atoms with Gasteiger partial charge >= 0.3 is 0 Å². The zero-order valence-electron chi connectivity index (χ0n) is 11.3. The summed E-state index contributed by atoms with van der Waals surface area (Å²) in [7, 11) is 1.71. The lowest BCUT2D eigenvalue weighted by molar-refractivity contribution is 0.412. The highest BCUT2D eigenvalue weighted by atomic mass is 16.5. The van der Waals surface area contributed by atoms with Crippen molar-refractivity contribution in [3.05, 3.63) is 23.3 Å². The van der Waals surface area contributed by atoms with Crippen molar-refractivity contribution >= 4 is 5.69 Å². The molecule has 1 unspecified atom stereocenters. The van der Waals surface area contributed by atoms with Gasteiger partial charge in [-0.1, -0.05) is 19.4 Å². The van der Waals surface area contributed by atoms with Crippen LogP contribution in [0.3, 0.4) is 0 Å². The molecule has 0 aromatic heterocycles. The van der Waals surface area contributed by atoms with Gasteiger partial charge in [0.25, 0.3) is 0 Å². The smallest absolute Gasteiger partial charge is 0.144 e. The van der Waals surface area contributed by atoms with Crippen molar-refractivity contribution in [1.29, 1.82) is 0 Å². The number of nitrogens with one attached hydrogen (secondary N) is 1. The van der Waals surface area contributed by atoms with Crippen LogP contribution in [0.15, 0.2) is 12.1 Å². The van der Waals surface area contributed by atoms with Crippen molar-refractivity contribution < 1.29 is 4.74 Å². The number of ether oxygens (including phenoxy) is 1. The summed E-state index contributed by atoms with van der Waals surface area (Å²) >= 11 is 0. The van der Waals surface area contributed by atoms with Gasteiger partial charge in [0.1, 0.15) is 5.75 Å². The fourth-order valence-corrected chi connectivity index (χ4v) is 2.01. The van der Waals surface area contributed by atoms with E-state index in [0.29, 0.717) is 5.92 Å². The van der Waals surface area contributed by atoms with Crippen LogP contribution in [0.1, 0.15) is 24.5 Å². The van der Waals surface area contributed by atoms with Crippen LogP contribution in [-0.4, -0.2) is 20.2 Å². The largest absolute Gasteiger partial charge is 0.494 e. The standard InChI is InChI=1S/C14H24N2O/c1-5-12(8-15)9-16-13-7-10(2)6-11(3)14(13)17-4/h6-7,12,16H,5,8-9,15H2,1-4H3. The van der Waals surface area contributed by atoms with Crippen molar-refractivity contribution in [1.82, 2.24) is 0 Å². The SMILES string of the molecule is CCC(CN)CNc1cc(C)cc(C)c1OC. The minimum Gasteiger partial charge on any atom is -0.494 e. The van der Waals surface area contributed by atoms with Gasteiger partial charge in [0.2, 0.25) is 0 Å². The summed E-state index contributed by atoms with van der Waals surface area (Å²) in [5.74, 6) is 1.45. The van der Waals surface area contributed by atoms with Crippen LogP contribution in [-0.2, 0) is 0 Å². The summed E-state index contributed by atoms with van der Waals surface area (Å²) in [4.78, 5) is 0. The number of aryl methyl sites for hydroxylation is 2. The summed E-state index contributed by atoms with van der Waals surface area (Å²) < 4.78 is 5.44. The molecule has 1 aromatic rings. The van der Waals surface area contributed by atoms with Crippen LogP contribution in [0.5, 0.6) is 5.75 Å². The maximum atomic E-state index is 5.71. The lowest BCUT2D eigenvalue weighted by atomic mass is 10.1. The Morgan fingerprint density at radius 2 is 2.06 bits per heavy atom. The minimum absolute atomic E-state index is 0.514. The second-order valence-electron chi connectivity index (χ2n) is 4.55. The molecule has 0 heterocycles.